The Morgan fingerprint density at radius 3 is 2.41 bits per heavy atom. The van der Waals surface area contributed by atoms with E-state index in [9.17, 15) is 22.4 Å². The van der Waals surface area contributed by atoms with Gasteiger partial charge in [-0.25, -0.2) is 12.8 Å². The van der Waals surface area contributed by atoms with E-state index in [0.717, 1.165) is 22.7 Å². The summed E-state index contributed by atoms with van der Waals surface area (Å²) >= 11 is 11.8. The molecular formula is C21H24Cl2FN3O4S. The number of likely N-dealkylation sites (N-methyl/N-ethyl adjacent to an activating group) is 1. The summed E-state index contributed by atoms with van der Waals surface area (Å²) in [7, 11) is -3.93. The van der Waals surface area contributed by atoms with Crippen LogP contribution in [0.15, 0.2) is 42.5 Å². The van der Waals surface area contributed by atoms with Crippen LogP contribution in [-0.4, -0.2) is 50.5 Å². The molecule has 11 heteroatoms. The van der Waals surface area contributed by atoms with Crippen LogP contribution in [0.5, 0.6) is 0 Å². The summed E-state index contributed by atoms with van der Waals surface area (Å²) in [5.74, 6) is -1.74. The smallest absolute Gasteiger partial charge is 0.244 e. The van der Waals surface area contributed by atoms with Gasteiger partial charge in [0.05, 0.1) is 17.0 Å². The van der Waals surface area contributed by atoms with Crippen molar-refractivity contribution < 1.29 is 22.4 Å². The van der Waals surface area contributed by atoms with Gasteiger partial charge in [-0.05, 0) is 49.7 Å². The number of rotatable bonds is 9. The molecule has 0 spiro atoms. The molecule has 174 valence electrons. The minimum atomic E-state index is -3.93. The first-order chi connectivity index (χ1) is 14.9. The first kappa shape index (κ1) is 25.9. The third kappa shape index (κ3) is 6.82. The molecule has 2 aromatic carbocycles. The lowest BCUT2D eigenvalue weighted by Crippen LogP contribution is -2.51. The van der Waals surface area contributed by atoms with Crippen LogP contribution in [0.25, 0.3) is 0 Å². The lowest BCUT2D eigenvalue weighted by molar-refractivity contribution is -0.139. The fourth-order valence-electron chi connectivity index (χ4n) is 2.99. The number of hydrogen-bond acceptors (Lipinski definition) is 4. The lowest BCUT2D eigenvalue weighted by Gasteiger charge is -2.31. The average molecular weight is 504 g/mol. The number of sulfonamides is 1. The fraction of sp³-hybridized carbons (Fsp3) is 0.333. The standard InChI is InChI=1S/C21H24Cl2FN3O4S/c1-4-25-21(29)14(2)26(12-15-6-5-7-16(22)10-15)20(28)13-27(32(3,30)31)17-8-9-19(24)18(23)11-17/h5-11,14H,4,12-13H2,1-3H3,(H,25,29)/t14-/m1/s1. The Balaban J connectivity index is 2.40. The number of halogens is 3. The van der Waals surface area contributed by atoms with Crippen LogP contribution in [0.3, 0.4) is 0 Å². The van der Waals surface area contributed by atoms with Gasteiger partial charge < -0.3 is 10.2 Å². The second-order valence-electron chi connectivity index (χ2n) is 7.09. The molecule has 2 rings (SSSR count). The number of carbonyl (C=O) groups excluding carboxylic acids is 2. The van der Waals surface area contributed by atoms with Gasteiger partial charge in [0.25, 0.3) is 0 Å². The van der Waals surface area contributed by atoms with Gasteiger partial charge in [0, 0.05) is 18.1 Å². The van der Waals surface area contributed by atoms with Gasteiger partial charge in [-0.2, -0.15) is 0 Å². The topological polar surface area (TPSA) is 86.8 Å². The molecule has 0 radical (unpaired) electrons. The molecule has 0 saturated carbocycles. The Morgan fingerprint density at radius 2 is 1.84 bits per heavy atom. The zero-order valence-corrected chi connectivity index (χ0v) is 20.1. The van der Waals surface area contributed by atoms with Crippen LogP contribution in [0, 0.1) is 5.82 Å². The van der Waals surface area contributed by atoms with E-state index in [-0.39, 0.29) is 17.3 Å². The van der Waals surface area contributed by atoms with Gasteiger partial charge in [0.1, 0.15) is 18.4 Å². The highest BCUT2D eigenvalue weighted by Gasteiger charge is 2.30. The van der Waals surface area contributed by atoms with Gasteiger partial charge in [0.15, 0.2) is 0 Å². The van der Waals surface area contributed by atoms with Gasteiger partial charge in [-0.15, -0.1) is 0 Å². The maximum Gasteiger partial charge on any atom is 0.244 e. The van der Waals surface area contributed by atoms with Crippen molar-refractivity contribution in [1.82, 2.24) is 10.2 Å². The van der Waals surface area contributed by atoms with E-state index < -0.39 is 40.2 Å². The number of anilines is 1. The van der Waals surface area contributed by atoms with Gasteiger partial charge in [0.2, 0.25) is 21.8 Å². The molecule has 0 heterocycles. The largest absolute Gasteiger partial charge is 0.355 e. The maximum atomic E-state index is 13.6. The summed E-state index contributed by atoms with van der Waals surface area (Å²) in [5.41, 5.74) is 0.693. The number of amides is 2. The number of nitrogens with zero attached hydrogens (tertiary/aromatic N) is 2. The van der Waals surface area contributed by atoms with Crippen molar-refractivity contribution in [3.05, 3.63) is 63.9 Å². The first-order valence-electron chi connectivity index (χ1n) is 9.68. The third-order valence-electron chi connectivity index (χ3n) is 4.63. The molecule has 0 bridgehead atoms. The number of benzene rings is 2. The zero-order valence-electron chi connectivity index (χ0n) is 17.8. The molecule has 2 amide bonds. The summed E-state index contributed by atoms with van der Waals surface area (Å²) in [5, 5.41) is 2.83. The van der Waals surface area contributed by atoms with Crippen LogP contribution in [0.4, 0.5) is 10.1 Å². The van der Waals surface area contributed by atoms with Crippen LogP contribution in [-0.2, 0) is 26.2 Å². The predicted octanol–water partition coefficient (Wildman–Crippen LogP) is 3.45. The summed E-state index contributed by atoms with van der Waals surface area (Å²) in [6.07, 6.45) is 0.923. The average Bonchev–Trinajstić information content (AvgIpc) is 2.71. The second kappa shape index (κ2) is 11.0. The molecule has 0 aliphatic heterocycles. The minimum absolute atomic E-state index is 0.0273. The monoisotopic (exact) mass is 503 g/mol. The Labute approximate surface area is 197 Å². The van der Waals surface area contributed by atoms with E-state index >= 15 is 0 Å². The maximum absolute atomic E-state index is 13.6. The van der Waals surface area contributed by atoms with E-state index in [4.69, 9.17) is 23.2 Å². The van der Waals surface area contributed by atoms with Gasteiger partial charge >= 0.3 is 0 Å². The Morgan fingerprint density at radius 1 is 1.16 bits per heavy atom. The third-order valence-corrected chi connectivity index (χ3v) is 6.30. The van der Waals surface area contributed by atoms with Crippen LogP contribution < -0.4 is 9.62 Å². The molecule has 1 atom stereocenters. The van der Waals surface area contributed by atoms with E-state index in [1.165, 1.54) is 11.0 Å². The molecule has 2 aromatic rings. The first-order valence-corrected chi connectivity index (χ1v) is 12.3. The van der Waals surface area contributed by atoms with Crippen molar-refractivity contribution in [2.45, 2.75) is 26.4 Å². The molecule has 0 fully saturated rings. The highest BCUT2D eigenvalue weighted by atomic mass is 35.5. The molecule has 0 aliphatic carbocycles. The lowest BCUT2D eigenvalue weighted by atomic mass is 10.1. The van der Waals surface area contributed by atoms with Crippen molar-refractivity contribution >= 4 is 50.7 Å². The molecule has 7 nitrogen and oxygen atoms in total. The predicted molar refractivity (Wildman–Crippen MR) is 124 cm³/mol. The second-order valence-corrected chi connectivity index (χ2v) is 9.84. The zero-order chi connectivity index (χ0) is 24.1. The van der Waals surface area contributed by atoms with E-state index in [1.807, 2.05) is 0 Å². The summed E-state index contributed by atoms with van der Waals surface area (Å²) in [6, 6.07) is 9.24. The molecule has 1 N–H and O–H groups in total. The molecular weight excluding hydrogens is 480 g/mol. The Kier molecular flexibility index (Phi) is 8.89. The van der Waals surface area contributed by atoms with Gasteiger partial charge in [-0.3, -0.25) is 13.9 Å². The van der Waals surface area contributed by atoms with Crippen molar-refractivity contribution in [2.75, 3.05) is 23.7 Å². The highest BCUT2D eigenvalue weighted by Crippen LogP contribution is 2.25. The van der Waals surface area contributed by atoms with Crippen molar-refractivity contribution in [3.63, 3.8) is 0 Å². The van der Waals surface area contributed by atoms with Crippen LogP contribution >= 0.6 is 23.2 Å². The summed E-state index contributed by atoms with van der Waals surface area (Å²) in [6.45, 7) is 3.08. The molecule has 32 heavy (non-hydrogen) atoms. The fourth-order valence-corrected chi connectivity index (χ4v) is 4.22. The molecule has 0 saturated heterocycles. The summed E-state index contributed by atoms with van der Waals surface area (Å²) in [4.78, 5) is 27.0. The van der Waals surface area contributed by atoms with Crippen LogP contribution in [0.1, 0.15) is 19.4 Å². The van der Waals surface area contributed by atoms with Gasteiger partial charge in [-0.1, -0.05) is 35.3 Å². The minimum Gasteiger partial charge on any atom is -0.355 e. The highest BCUT2D eigenvalue weighted by molar-refractivity contribution is 7.92. The Hall–Kier alpha value is -2.36. The van der Waals surface area contributed by atoms with E-state index in [0.29, 0.717) is 17.1 Å². The number of carbonyl (C=O) groups is 2. The SMILES string of the molecule is CCNC(=O)[C@@H](C)N(Cc1cccc(Cl)c1)C(=O)CN(c1ccc(F)c(Cl)c1)S(C)(=O)=O. The van der Waals surface area contributed by atoms with E-state index in [1.54, 1.807) is 38.1 Å². The molecule has 0 aliphatic rings. The molecule has 0 unspecified atom stereocenters. The normalized spacial score (nSPS) is 12.2. The van der Waals surface area contributed by atoms with Crippen LogP contribution in [0.2, 0.25) is 10.0 Å². The van der Waals surface area contributed by atoms with Crippen molar-refractivity contribution in [1.29, 1.82) is 0 Å². The van der Waals surface area contributed by atoms with Crippen molar-refractivity contribution in [2.24, 2.45) is 0 Å². The van der Waals surface area contributed by atoms with Crippen molar-refractivity contribution in [3.8, 4) is 0 Å². The number of nitrogens with one attached hydrogen (secondary N) is 1. The quantitative estimate of drug-likeness (QED) is 0.567. The Bertz CT molecular complexity index is 1100. The summed E-state index contributed by atoms with van der Waals surface area (Å²) < 4.78 is 39.2. The molecule has 0 aromatic heterocycles. The van der Waals surface area contributed by atoms with E-state index in [2.05, 4.69) is 5.32 Å². The number of hydrogen-bond donors (Lipinski definition) is 1.